The Morgan fingerprint density at radius 1 is 1.25 bits per heavy atom. The Morgan fingerprint density at radius 2 is 1.81 bits per heavy atom. The number of carbonyl (C=O) groups excluding carboxylic acids is 1. The average Bonchev–Trinajstić information content (AvgIpc) is 1.98. The molecule has 0 aliphatic carbocycles. The van der Waals surface area contributed by atoms with Gasteiger partial charge in [-0.2, -0.15) is 0 Å². The average molecular weight is 229 g/mol. The highest BCUT2D eigenvalue weighted by Gasteiger charge is 2.13. The van der Waals surface area contributed by atoms with Crippen LogP contribution in [0, 0.1) is 5.92 Å². The van der Waals surface area contributed by atoms with E-state index in [-0.39, 0.29) is 17.6 Å². The summed E-state index contributed by atoms with van der Waals surface area (Å²) in [7, 11) is 0. The minimum atomic E-state index is -0.107. The third-order valence-electron chi connectivity index (χ3n) is 2.12. The molecule has 3 heteroatoms. The molecule has 1 N–H and O–H groups in total. The van der Waals surface area contributed by atoms with Crippen LogP contribution in [0.2, 0.25) is 0 Å². The number of ether oxygens (including phenoxy) is 1. The summed E-state index contributed by atoms with van der Waals surface area (Å²) in [5.41, 5.74) is 0.0594. The van der Waals surface area contributed by atoms with Gasteiger partial charge in [-0.1, -0.05) is 13.8 Å². The number of nitrogens with one attached hydrogen (secondary N) is 1. The highest BCUT2D eigenvalue weighted by atomic mass is 16.5. The van der Waals surface area contributed by atoms with Gasteiger partial charge in [0.15, 0.2) is 0 Å². The predicted octanol–water partition coefficient (Wildman–Crippen LogP) is 2.74. The van der Waals surface area contributed by atoms with Crippen LogP contribution in [-0.2, 0) is 9.53 Å². The molecule has 0 spiro atoms. The second-order valence-corrected chi connectivity index (χ2v) is 5.86. The second-order valence-electron chi connectivity index (χ2n) is 5.86. The van der Waals surface area contributed by atoms with Gasteiger partial charge in [0.05, 0.1) is 12.5 Å². The Kier molecular flexibility index (Phi) is 6.65. The zero-order valence-corrected chi connectivity index (χ0v) is 11.6. The van der Waals surface area contributed by atoms with Gasteiger partial charge in [0.25, 0.3) is 0 Å². The van der Waals surface area contributed by atoms with E-state index in [1.807, 2.05) is 6.92 Å². The van der Waals surface area contributed by atoms with E-state index in [0.717, 1.165) is 6.42 Å². The topological polar surface area (TPSA) is 38.3 Å². The van der Waals surface area contributed by atoms with E-state index in [9.17, 15) is 4.79 Å². The van der Waals surface area contributed by atoms with E-state index in [1.165, 1.54) is 0 Å². The first kappa shape index (κ1) is 15.4. The van der Waals surface area contributed by atoms with Crippen LogP contribution < -0.4 is 5.32 Å². The molecule has 1 atom stereocenters. The van der Waals surface area contributed by atoms with Crippen molar-refractivity contribution in [3.63, 3.8) is 0 Å². The Labute approximate surface area is 99.9 Å². The molecule has 0 amide bonds. The molecule has 0 fully saturated rings. The van der Waals surface area contributed by atoms with Crippen LogP contribution in [-0.4, -0.2) is 24.2 Å². The van der Waals surface area contributed by atoms with Gasteiger partial charge < -0.3 is 10.1 Å². The third kappa shape index (κ3) is 9.97. The molecule has 0 aliphatic rings. The summed E-state index contributed by atoms with van der Waals surface area (Å²) < 4.78 is 5.30. The van der Waals surface area contributed by atoms with Gasteiger partial charge in [0.2, 0.25) is 0 Å². The number of carbonyl (C=O) groups is 1. The van der Waals surface area contributed by atoms with Gasteiger partial charge in [-0.25, -0.2) is 0 Å². The van der Waals surface area contributed by atoms with Crippen LogP contribution in [0.4, 0.5) is 0 Å². The van der Waals surface area contributed by atoms with Crippen molar-refractivity contribution in [2.45, 2.75) is 66.0 Å². The van der Waals surface area contributed by atoms with E-state index < -0.39 is 0 Å². The molecular formula is C13H27NO2. The van der Waals surface area contributed by atoms with Gasteiger partial charge in [0.1, 0.15) is 0 Å². The van der Waals surface area contributed by atoms with E-state index in [1.54, 1.807) is 0 Å². The van der Waals surface area contributed by atoms with Crippen molar-refractivity contribution in [1.29, 1.82) is 0 Å². The maximum atomic E-state index is 11.5. The van der Waals surface area contributed by atoms with Crippen molar-refractivity contribution in [3.8, 4) is 0 Å². The summed E-state index contributed by atoms with van der Waals surface area (Å²) in [6.45, 7) is 13.1. The fourth-order valence-corrected chi connectivity index (χ4v) is 1.53. The smallest absolute Gasteiger partial charge is 0.307 e. The zero-order chi connectivity index (χ0) is 12.8. The van der Waals surface area contributed by atoms with Crippen molar-refractivity contribution in [1.82, 2.24) is 5.32 Å². The molecule has 0 aromatic heterocycles. The fraction of sp³-hybridized carbons (Fsp3) is 0.923. The predicted molar refractivity (Wildman–Crippen MR) is 67.4 cm³/mol. The van der Waals surface area contributed by atoms with Crippen LogP contribution >= 0.6 is 0 Å². The van der Waals surface area contributed by atoms with Crippen molar-refractivity contribution >= 4 is 5.97 Å². The first-order valence-electron chi connectivity index (χ1n) is 6.15. The Hall–Kier alpha value is -0.570. The number of hydrogen-bond acceptors (Lipinski definition) is 3. The lowest BCUT2D eigenvalue weighted by molar-refractivity contribution is -0.148. The van der Waals surface area contributed by atoms with Crippen LogP contribution in [0.3, 0.4) is 0 Å². The minimum absolute atomic E-state index is 0.0298. The number of rotatable bonds is 6. The largest absolute Gasteiger partial charge is 0.463 e. The lowest BCUT2D eigenvalue weighted by Gasteiger charge is -2.20. The quantitative estimate of drug-likeness (QED) is 0.712. The number of esters is 1. The van der Waals surface area contributed by atoms with Crippen LogP contribution in [0.1, 0.15) is 54.4 Å². The monoisotopic (exact) mass is 229 g/mol. The highest BCUT2D eigenvalue weighted by molar-refractivity contribution is 5.69. The summed E-state index contributed by atoms with van der Waals surface area (Å²) in [4.78, 5) is 11.5. The van der Waals surface area contributed by atoms with Crippen molar-refractivity contribution < 1.29 is 9.53 Å². The fourth-order valence-electron chi connectivity index (χ4n) is 1.53. The molecule has 16 heavy (non-hydrogen) atoms. The van der Waals surface area contributed by atoms with E-state index >= 15 is 0 Å². The molecule has 96 valence electrons. The van der Waals surface area contributed by atoms with Gasteiger partial charge in [-0.15, -0.1) is 0 Å². The van der Waals surface area contributed by atoms with Gasteiger partial charge in [-0.3, -0.25) is 4.79 Å². The normalized spacial score (nSPS) is 13.9. The standard InChI is InChI=1S/C13H27NO2/c1-10(2)9-11(3)16-12(15)7-8-14-13(4,5)6/h10-11,14H,7-9H2,1-6H3. The van der Waals surface area contributed by atoms with Gasteiger partial charge in [0, 0.05) is 12.1 Å². The molecule has 0 bridgehead atoms. The SMILES string of the molecule is CC(C)CC(C)OC(=O)CCNC(C)(C)C. The first-order chi connectivity index (χ1) is 7.20. The van der Waals surface area contributed by atoms with Crippen molar-refractivity contribution in [2.24, 2.45) is 5.92 Å². The maximum absolute atomic E-state index is 11.5. The molecule has 0 aliphatic heterocycles. The molecule has 0 rings (SSSR count). The molecule has 0 aromatic carbocycles. The van der Waals surface area contributed by atoms with Gasteiger partial charge in [-0.05, 0) is 40.0 Å². The summed E-state index contributed by atoms with van der Waals surface area (Å²) in [5, 5.41) is 3.27. The summed E-state index contributed by atoms with van der Waals surface area (Å²) in [5.74, 6) is 0.459. The molecule has 0 radical (unpaired) electrons. The Balaban J connectivity index is 3.66. The summed E-state index contributed by atoms with van der Waals surface area (Å²) in [6, 6.07) is 0. The molecule has 3 nitrogen and oxygen atoms in total. The lowest BCUT2D eigenvalue weighted by Crippen LogP contribution is -2.37. The molecule has 0 aromatic rings. The number of hydrogen-bond donors (Lipinski definition) is 1. The van der Waals surface area contributed by atoms with Crippen LogP contribution in [0.5, 0.6) is 0 Å². The second kappa shape index (κ2) is 6.89. The van der Waals surface area contributed by atoms with E-state index in [0.29, 0.717) is 18.9 Å². The van der Waals surface area contributed by atoms with E-state index in [4.69, 9.17) is 4.74 Å². The Bertz CT molecular complexity index is 206. The zero-order valence-electron chi connectivity index (χ0n) is 11.6. The molecule has 0 heterocycles. The summed E-state index contributed by atoms with van der Waals surface area (Å²) >= 11 is 0. The minimum Gasteiger partial charge on any atom is -0.463 e. The molecule has 0 saturated heterocycles. The molecule has 0 saturated carbocycles. The first-order valence-corrected chi connectivity index (χ1v) is 6.15. The van der Waals surface area contributed by atoms with Crippen LogP contribution in [0.15, 0.2) is 0 Å². The van der Waals surface area contributed by atoms with Crippen molar-refractivity contribution in [2.75, 3.05) is 6.54 Å². The Morgan fingerprint density at radius 3 is 2.25 bits per heavy atom. The maximum Gasteiger partial charge on any atom is 0.307 e. The van der Waals surface area contributed by atoms with E-state index in [2.05, 4.69) is 39.9 Å². The summed E-state index contributed by atoms with van der Waals surface area (Å²) in [6.07, 6.45) is 1.40. The highest BCUT2D eigenvalue weighted by Crippen LogP contribution is 2.08. The lowest BCUT2D eigenvalue weighted by atomic mass is 10.1. The molecular weight excluding hydrogens is 202 g/mol. The van der Waals surface area contributed by atoms with Crippen molar-refractivity contribution in [3.05, 3.63) is 0 Å². The third-order valence-corrected chi connectivity index (χ3v) is 2.12. The molecule has 1 unspecified atom stereocenters. The van der Waals surface area contributed by atoms with Gasteiger partial charge >= 0.3 is 5.97 Å². The van der Waals surface area contributed by atoms with Crippen LogP contribution in [0.25, 0.3) is 0 Å².